The van der Waals surface area contributed by atoms with Crippen LogP contribution in [0.2, 0.25) is 0 Å². The van der Waals surface area contributed by atoms with Gasteiger partial charge in [0.15, 0.2) is 0 Å². The Hall–Kier alpha value is -2.09. The Morgan fingerprint density at radius 2 is 2.04 bits per heavy atom. The van der Waals surface area contributed by atoms with E-state index >= 15 is 0 Å². The van der Waals surface area contributed by atoms with Gasteiger partial charge in [-0.1, -0.05) is 28.1 Å². The molecule has 3 rings (SSSR count). The Morgan fingerprint density at radius 1 is 1.18 bits per heavy atom. The number of carbonyl (C=O) groups excluding carboxylic acids is 1. The van der Waals surface area contributed by atoms with Crippen molar-refractivity contribution in [1.29, 1.82) is 0 Å². The predicted molar refractivity (Wildman–Crippen MR) is 110 cm³/mol. The largest absolute Gasteiger partial charge is 0.490 e. The van der Waals surface area contributed by atoms with Gasteiger partial charge in [0.25, 0.3) is 5.91 Å². The Kier molecular flexibility index (Phi) is 7.71. The molecule has 1 amide bonds. The normalized spacial score (nSPS) is 16.0. The van der Waals surface area contributed by atoms with Gasteiger partial charge < -0.3 is 24.3 Å². The van der Waals surface area contributed by atoms with Crippen LogP contribution >= 0.6 is 15.9 Å². The maximum Gasteiger partial charge on any atom is 0.259 e. The molecule has 7 heteroatoms. The highest BCUT2D eigenvalue weighted by Gasteiger charge is 2.18. The monoisotopic (exact) mass is 449 g/mol. The number of ether oxygens (including phenoxy) is 4. The number of methoxy groups -OCH3 is 1. The number of carbonyl (C=O) groups is 1. The molecule has 1 aliphatic heterocycles. The third kappa shape index (κ3) is 5.70. The molecule has 0 aromatic heterocycles. The molecular weight excluding hydrogens is 426 g/mol. The van der Waals surface area contributed by atoms with E-state index in [1.54, 1.807) is 19.2 Å². The summed E-state index contributed by atoms with van der Waals surface area (Å²) in [5.74, 6) is 0.834. The fourth-order valence-corrected chi connectivity index (χ4v) is 3.25. The van der Waals surface area contributed by atoms with Crippen LogP contribution in [0, 0.1) is 0 Å². The van der Waals surface area contributed by atoms with Crippen molar-refractivity contribution in [2.24, 2.45) is 0 Å². The number of para-hydroxylation sites is 2. The van der Waals surface area contributed by atoms with E-state index in [9.17, 15) is 4.79 Å². The number of halogens is 1. The van der Waals surface area contributed by atoms with Crippen LogP contribution in [-0.4, -0.2) is 45.5 Å². The summed E-state index contributed by atoms with van der Waals surface area (Å²) in [5, 5.41) is 2.92. The van der Waals surface area contributed by atoms with Crippen molar-refractivity contribution in [1.82, 2.24) is 0 Å². The van der Waals surface area contributed by atoms with E-state index in [1.165, 1.54) is 0 Å². The van der Waals surface area contributed by atoms with E-state index in [0.29, 0.717) is 42.6 Å². The lowest BCUT2D eigenvalue weighted by Gasteiger charge is -2.16. The van der Waals surface area contributed by atoms with Crippen molar-refractivity contribution < 1.29 is 23.7 Å². The Labute approximate surface area is 173 Å². The number of nitrogens with one attached hydrogen (secondary N) is 1. The topological polar surface area (TPSA) is 66.0 Å². The fraction of sp³-hybridized carbons (Fsp3) is 0.381. The van der Waals surface area contributed by atoms with Crippen LogP contribution in [0.1, 0.15) is 23.2 Å². The molecule has 28 heavy (non-hydrogen) atoms. The van der Waals surface area contributed by atoms with E-state index in [-0.39, 0.29) is 12.0 Å². The second kappa shape index (κ2) is 10.5. The first-order valence-corrected chi connectivity index (χ1v) is 10.0. The molecule has 1 fully saturated rings. The van der Waals surface area contributed by atoms with Crippen molar-refractivity contribution in [2.45, 2.75) is 18.9 Å². The van der Waals surface area contributed by atoms with E-state index in [4.69, 9.17) is 18.9 Å². The van der Waals surface area contributed by atoms with E-state index in [0.717, 1.165) is 23.9 Å². The highest BCUT2D eigenvalue weighted by atomic mass is 79.9. The summed E-state index contributed by atoms with van der Waals surface area (Å²) in [4.78, 5) is 12.9. The molecule has 1 saturated heterocycles. The fourth-order valence-electron chi connectivity index (χ4n) is 2.88. The smallest absolute Gasteiger partial charge is 0.259 e. The number of amides is 1. The first-order chi connectivity index (χ1) is 13.7. The quantitative estimate of drug-likeness (QED) is 0.578. The molecule has 2 aromatic carbocycles. The maximum atomic E-state index is 12.9. The van der Waals surface area contributed by atoms with Crippen LogP contribution in [0.25, 0.3) is 0 Å². The third-order valence-corrected chi connectivity index (χ3v) is 4.81. The van der Waals surface area contributed by atoms with Crippen LogP contribution in [0.3, 0.4) is 0 Å². The number of hydrogen-bond donors (Lipinski definition) is 1. The SMILES string of the molecule is COCCOc1ccc(Br)cc1C(=O)Nc1ccccc1OCC1CCCO1. The molecule has 1 N–H and O–H groups in total. The molecule has 1 atom stereocenters. The highest BCUT2D eigenvalue weighted by molar-refractivity contribution is 9.10. The van der Waals surface area contributed by atoms with Gasteiger partial charge in [0, 0.05) is 18.2 Å². The predicted octanol–water partition coefficient (Wildman–Crippen LogP) is 4.28. The summed E-state index contributed by atoms with van der Waals surface area (Å²) in [6.45, 7) is 2.05. The maximum absolute atomic E-state index is 12.9. The van der Waals surface area contributed by atoms with Crippen LogP contribution in [0.5, 0.6) is 11.5 Å². The second-order valence-electron chi connectivity index (χ2n) is 6.38. The summed E-state index contributed by atoms with van der Waals surface area (Å²) in [6, 6.07) is 12.7. The second-order valence-corrected chi connectivity index (χ2v) is 7.29. The van der Waals surface area contributed by atoms with Gasteiger partial charge in [0.05, 0.1) is 24.0 Å². The van der Waals surface area contributed by atoms with Crippen molar-refractivity contribution in [2.75, 3.05) is 38.9 Å². The van der Waals surface area contributed by atoms with Gasteiger partial charge in [-0.05, 0) is 43.2 Å². The van der Waals surface area contributed by atoms with Gasteiger partial charge in [-0.3, -0.25) is 4.79 Å². The lowest BCUT2D eigenvalue weighted by molar-refractivity contribution is 0.0682. The van der Waals surface area contributed by atoms with Gasteiger partial charge in [0.2, 0.25) is 0 Å². The zero-order chi connectivity index (χ0) is 19.8. The number of anilines is 1. The minimum atomic E-state index is -0.276. The van der Waals surface area contributed by atoms with Crippen molar-refractivity contribution in [3.05, 3.63) is 52.5 Å². The number of hydrogen-bond acceptors (Lipinski definition) is 5. The van der Waals surface area contributed by atoms with Crippen LogP contribution in [0.4, 0.5) is 5.69 Å². The summed E-state index contributed by atoms with van der Waals surface area (Å²) in [7, 11) is 1.60. The average molecular weight is 450 g/mol. The molecule has 1 heterocycles. The van der Waals surface area contributed by atoms with E-state index < -0.39 is 0 Å². The lowest BCUT2D eigenvalue weighted by Crippen LogP contribution is -2.18. The Morgan fingerprint density at radius 3 is 2.82 bits per heavy atom. The van der Waals surface area contributed by atoms with Crippen molar-refractivity contribution >= 4 is 27.5 Å². The molecule has 0 bridgehead atoms. The molecule has 6 nitrogen and oxygen atoms in total. The van der Waals surface area contributed by atoms with Gasteiger partial charge in [0.1, 0.15) is 24.7 Å². The molecule has 2 aromatic rings. The minimum absolute atomic E-state index is 0.106. The molecule has 1 aliphatic rings. The summed E-state index contributed by atoms with van der Waals surface area (Å²) in [6.07, 6.45) is 2.16. The van der Waals surface area contributed by atoms with Crippen molar-refractivity contribution in [3.63, 3.8) is 0 Å². The summed E-state index contributed by atoms with van der Waals surface area (Å²) < 4.78 is 23.0. The van der Waals surface area contributed by atoms with Crippen LogP contribution in [0.15, 0.2) is 46.9 Å². The van der Waals surface area contributed by atoms with Gasteiger partial charge >= 0.3 is 0 Å². The first kappa shape index (κ1) is 20.6. The standard InChI is InChI=1S/C21H24BrNO5/c1-25-11-12-27-19-9-8-15(22)13-17(19)21(24)23-18-6-2-3-7-20(18)28-14-16-5-4-10-26-16/h2-3,6-9,13,16H,4-5,10-12,14H2,1H3,(H,23,24). The molecule has 150 valence electrons. The molecule has 0 spiro atoms. The van der Waals surface area contributed by atoms with Crippen molar-refractivity contribution in [3.8, 4) is 11.5 Å². The Balaban J connectivity index is 1.71. The summed E-state index contributed by atoms with van der Waals surface area (Å²) >= 11 is 3.41. The van der Waals surface area contributed by atoms with Gasteiger partial charge in [-0.25, -0.2) is 0 Å². The highest BCUT2D eigenvalue weighted by Crippen LogP contribution is 2.28. The molecule has 0 saturated carbocycles. The Bertz CT molecular complexity index is 792. The molecular formula is C21H24BrNO5. The summed E-state index contributed by atoms with van der Waals surface area (Å²) in [5.41, 5.74) is 1.03. The zero-order valence-corrected chi connectivity index (χ0v) is 17.4. The lowest BCUT2D eigenvalue weighted by atomic mass is 10.1. The van der Waals surface area contributed by atoms with Gasteiger partial charge in [-0.15, -0.1) is 0 Å². The molecule has 1 unspecified atom stereocenters. The minimum Gasteiger partial charge on any atom is -0.490 e. The van der Waals surface area contributed by atoms with E-state index in [1.807, 2.05) is 30.3 Å². The third-order valence-electron chi connectivity index (χ3n) is 4.32. The number of rotatable bonds is 9. The molecule has 0 radical (unpaired) electrons. The first-order valence-electron chi connectivity index (χ1n) is 9.23. The van der Waals surface area contributed by atoms with Crippen LogP contribution in [-0.2, 0) is 9.47 Å². The van der Waals surface area contributed by atoms with Gasteiger partial charge in [-0.2, -0.15) is 0 Å². The molecule has 0 aliphatic carbocycles. The van der Waals surface area contributed by atoms with E-state index in [2.05, 4.69) is 21.2 Å². The zero-order valence-electron chi connectivity index (χ0n) is 15.8. The average Bonchev–Trinajstić information content (AvgIpc) is 3.22. The van der Waals surface area contributed by atoms with Crippen LogP contribution < -0.4 is 14.8 Å². The number of benzene rings is 2.